The van der Waals surface area contributed by atoms with Gasteiger partial charge < -0.3 is 10.4 Å². The molecule has 0 saturated heterocycles. The Labute approximate surface area is 127 Å². The molecule has 2 aromatic rings. The molecule has 0 aliphatic heterocycles. The van der Waals surface area contributed by atoms with Crippen molar-refractivity contribution in [2.24, 2.45) is 0 Å². The van der Waals surface area contributed by atoms with Crippen molar-refractivity contribution in [2.75, 3.05) is 6.61 Å². The molecule has 0 amide bonds. The second kappa shape index (κ2) is 6.88. The van der Waals surface area contributed by atoms with Crippen molar-refractivity contribution in [2.45, 2.75) is 38.8 Å². The second-order valence-corrected chi connectivity index (χ2v) is 5.89. The first-order valence-electron chi connectivity index (χ1n) is 7.63. The van der Waals surface area contributed by atoms with Crippen molar-refractivity contribution >= 4 is 0 Å². The van der Waals surface area contributed by atoms with Crippen LogP contribution in [0.15, 0.2) is 54.6 Å². The molecule has 0 radical (unpaired) electrons. The number of aliphatic hydroxyl groups is 1. The van der Waals surface area contributed by atoms with E-state index in [1.807, 2.05) is 18.2 Å². The third kappa shape index (κ3) is 3.72. The number of aliphatic hydroxyl groups excluding tert-OH is 1. The zero-order valence-electron chi connectivity index (χ0n) is 13.1. The van der Waals surface area contributed by atoms with Gasteiger partial charge in [-0.2, -0.15) is 0 Å². The van der Waals surface area contributed by atoms with E-state index in [0.717, 1.165) is 12.0 Å². The maximum atomic E-state index is 9.81. The first kappa shape index (κ1) is 15.7. The molecule has 2 heteroatoms. The van der Waals surface area contributed by atoms with E-state index >= 15 is 0 Å². The van der Waals surface area contributed by atoms with Crippen LogP contribution in [-0.4, -0.2) is 17.8 Å². The van der Waals surface area contributed by atoms with Crippen molar-refractivity contribution in [3.05, 3.63) is 60.2 Å². The molecule has 0 aromatic heterocycles. The van der Waals surface area contributed by atoms with Crippen LogP contribution in [0.4, 0.5) is 0 Å². The van der Waals surface area contributed by atoms with E-state index in [2.05, 4.69) is 62.5 Å². The Bertz CT molecular complexity index is 550. The summed E-state index contributed by atoms with van der Waals surface area (Å²) in [6.45, 7) is 6.43. The summed E-state index contributed by atoms with van der Waals surface area (Å²) >= 11 is 0. The Morgan fingerprint density at radius 1 is 1.00 bits per heavy atom. The quantitative estimate of drug-likeness (QED) is 0.841. The molecule has 2 unspecified atom stereocenters. The van der Waals surface area contributed by atoms with E-state index in [1.54, 1.807) is 0 Å². The normalized spacial score (nSPS) is 15.4. The lowest BCUT2D eigenvalue weighted by molar-refractivity contribution is 0.162. The van der Waals surface area contributed by atoms with Crippen LogP contribution < -0.4 is 5.32 Å². The minimum Gasteiger partial charge on any atom is -0.394 e. The van der Waals surface area contributed by atoms with Crippen molar-refractivity contribution in [3.63, 3.8) is 0 Å². The summed E-state index contributed by atoms with van der Waals surface area (Å²) in [4.78, 5) is 0. The lowest BCUT2D eigenvalue weighted by Crippen LogP contribution is -2.47. The molecular weight excluding hydrogens is 258 g/mol. The predicted molar refractivity (Wildman–Crippen MR) is 89.2 cm³/mol. The Morgan fingerprint density at radius 3 is 2.10 bits per heavy atom. The van der Waals surface area contributed by atoms with Crippen LogP contribution in [0.5, 0.6) is 0 Å². The standard InChI is InChI=1S/C19H25NO/c1-4-15(2)20-19(3,14-21)18-12-10-17(11-13-18)16-8-6-5-7-9-16/h5-13,15,20-21H,4,14H2,1-3H3. The smallest absolute Gasteiger partial charge is 0.0652 e. The molecule has 2 rings (SSSR count). The summed E-state index contributed by atoms with van der Waals surface area (Å²) in [6.07, 6.45) is 1.04. The van der Waals surface area contributed by atoms with Crippen LogP contribution in [0.1, 0.15) is 32.8 Å². The molecule has 21 heavy (non-hydrogen) atoms. The van der Waals surface area contributed by atoms with Gasteiger partial charge in [-0.3, -0.25) is 0 Å². The molecule has 0 bridgehead atoms. The number of rotatable bonds is 6. The van der Waals surface area contributed by atoms with Gasteiger partial charge >= 0.3 is 0 Å². The minimum atomic E-state index is -0.398. The average Bonchev–Trinajstić information content (AvgIpc) is 2.55. The lowest BCUT2D eigenvalue weighted by atomic mass is 9.90. The third-order valence-electron chi connectivity index (χ3n) is 4.12. The van der Waals surface area contributed by atoms with E-state index in [1.165, 1.54) is 11.1 Å². The second-order valence-electron chi connectivity index (χ2n) is 5.89. The van der Waals surface area contributed by atoms with Gasteiger partial charge in [0, 0.05) is 6.04 Å². The van der Waals surface area contributed by atoms with Crippen LogP contribution in [0, 0.1) is 0 Å². The van der Waals surface area contributed by atoms with Gasteiger partial charge in [0.1, 0.15) is 0 Å². The summed E-state index contributed by atoms with van der Waals surface area (Å²) in [7, 11) is 0. The molecule has 2 atom stereocenters. The van der Waals surface area contributed by atoms with Gasteiger partial charge in [0.15, 0.2) is 0 Å². The predicted octanol–water partition coefficient (Wildman–Crippen LogP) is 3.95. The molecule has 0 heterocycles. The van der Waals surface area contributed by atoms with Crippen LogP contribution in [0.2, 0.25) is 0 Å². The van der Waals surface area contributed by atoms with E-state index in [0.29, 0.717) is 6.04 Å². The van der Waals surface area contributed by atoms with E-state index < -0.39 is 5.54 Å². The summed E-state index contributed by atoms with van der Waals surface area (Å²) in [5, 5.41) is 13.3. The largest absolute Gasteiger partial charge is 0.394 e. The van der Waals surface area contributed by atoms with Gasteiger partial charge in [0.2, 0.25) is 0 Å². The lowest BCUT2D eigenvalue weighted by Gasteiger charge is -2.32. The average molecular weight is 283 g/mol. The van der Waals surface area contributed by atoms with Crippen molar-refractivity contribution in [3.8, 4) is 11.1 Å². The van der Waals surface area contributed by atoms with Crippen molar-refractivity contribution in [1.29, 1.82) is 0 Å². The van der Waals surface area contributed by atoms with E-state index in [-0.39, 0.29) is 6.61 Å². The van der Waals surface area contributed by atoms with E-state index in [9.17, 15) is 5.11 Å². The maximum Gasteiger partial charge on any atom is 0.0652 e. The van der Waals surface area contributed by atoms with Crippen LogP contribution >= 0.6 is 0 Å². The highest BCUT2D eigenvalue weighted by molar-refractivity contribution is 5.63. The monoisotopic (exact) mass is 283 g/mol. The first-order chi connectivity index (χ1) is 10.1. The van der Waals surface area contributed by atoms with E-state index in [4.69, 9.17) is 0 Å². The SMILES string of the molecule is CCC(C)NC(C)(CO)c1ccc(-c2ccccc2)cc1. The number of benzene rings is 2. The number of hydrogen-bond acceptors (Lipinski definition) is 2. The molecule has 0 aliphatic carbocycles. The Hall–Kier alpha value is -1.64. The highest BCUT2D eigenvalue weighted by Crippen LogP contribution is 2.25. The fourth-order valence-electron chi connectivity index (χ4n) is 2.53. The molecule has 0 fully saturated rings. The van der Waals surface area contributed by atoms with Crippen molar-refractivity contribution < 1.29 is 5.11 Å². The van der Waals surface area contributed by atoms with Crippen LogP contribution in [-0.2, 0) is 5.54 Å². The summed E-state index contributed by atoms with van der Waals surface area (Å²) < 4.78 is 0. The molecule has 0 saturated carbocycles. The molecule has 2 N–H and O–H groups in total. The molecule has 2 aromatic carbocycles. The minimum absolute atomic E-state index is 0.0853. The zero-order valence-corrected chi connectivity index (χ0v) is 13.1. The maximum absolute atomic E-state index is 9.81. The number of nitrogens with one attached hydrogen (secondary N) is 1. The van der Waals surface area contributed by atoms with Gasteiger partial charge in [0.05, 0.1) is 12.1 Å². The molecule has 112 valence electrons. The van der Waals surface area contributed by atoms with Gasteiger partial charge in [-0.05, 0) is 37.0 Å². The van der Waals surface area contributed by atoms with Gasteiger partial charge in [-0.25, -0.2) is 0 Å². The van der Waals surface area contributed by atoms with Crippen molar-refractivity contribution in [1.82, 2.24) is 5.32 Å². The third-order valence-corrected chi connectivity index (χ3v) is 4.12. The van der Waals surface area contributed by atoms with Gasteiger partial charge in [-0.1, -0.05) is 61.5 Å². The molecule has 0 aliphatic rings. The summed E-state index contributed by atoms with van der Waals surface area (Å²) in [5.74, 6) is 0. The fourth-order valence-corrected chi connectivity index (χ4v) is 2.53. The topological polar surface area (TPSA) is 32.3 Å². The molecule has 2 nitrogen and oxygen atoms in total. The highest BCUT2D eigenvalue weighted by atomic mass is 16.3. The Morgan fingerprint density at radius 2 is 1.57 bits per heavy atom. The highest BCUT2D eigenvalue weighted by Gasteiger charge is 2.26. The van der Waals surface area contributed by atoms with Crippen LogP contribution in [0.3, 0.4) is 0 Å². The zero-order chi connectivity index (χ0) is 15.3. The number of hydrogen-bond donors (Lipinski definition) is 2. The van der Waals surface area contributed by atoms with Crippen LogP contribution in [0.25, 0.3) is 11.1 Å². The fraction of sp³-hybridized carbons (Fsp3) is 0.368. The Kier molecular flexibility index (Phi) is 5.16. The summed E-state index contributed by atoms with van der Waals surface area (Å²) in [6, 6.07) is 19.2. The molecule has 0 spiro atoms. The van der Waals surface area contributed by atoms with Gasteiger partial charge in [0.25, 0.3) is 0 Å². The first-order valence-corrected chi connectivity index (χ1v) is 7.63. The Balaban J connectivity index is 2.24. The molecular formula is C19H25NO. The summed E-state index contributed by atoms with van der Waals surface area (Å²) in [5.41, 5.74) is 3.13. The van der Waals surface area contributed by atoms with Gasteiger partial charge in [-0.15, -0.1) is 0 Å².